The fourth-order valence-electron chi connectivity index (χ4n) is 2.57. The smallest absolute Gasteiger partial charge is 0.127 e. The zero-order valence-corrected chi connectivity index (χ0v) is 14.2. The Labute approximate surface area is 148 Å². The first-order chi connectivity index (χ1) is 12.3. The van der Waals surface area contributed by atoms with Crippen molar-refractivity contribution in [2.24, 2.45) is 0 Å². The first-order valence-electron chi connectivity index (χ1n) is 8.10. The summed E-state index contributed by atoms with van der Waals surface area (Å²) in [6.07, 6.45) is 3.81. The fourth-order valence-corrected chi connectivity index (χ4v) is 2.57. The summed E-state index contributed by atoms with van der Waals surface area (Å²) in [7, 11) is 1.67. The van der Waals surface area contributed by atoms with Gasteiger partial charge in [-0.15, -0.1) is 0 Å². The van der Waals surface area contributed by atoms with E-state index in [1.54, 1.807) is 13.2 Å². The third kappa shape index (κ3) is 4.18. The highest BCUT2D eigenvalue weighted by Gasteiger charge is 2.06. The molecule has 0 unspecified atom stereocenters. The van der Waals surface area contributed by atoms with E-state index in [9.17, 15) is 0 Å². The maximum Gasteiger partial charge on any atom is 0.127 e. The van der Waals surface area contributed by atoms with Gasteiger partial charge in [0.1, 0.15) is 17.2 Å². The van der Waals surface area contributed by atoms with Gasteiger partial charge in [-0.3, -0.25) is 0 Å². The van der Waals surface area contributed by atoms with E-state index in [4.69, 9.17) is 9.47 Å². The molecule has 0 amide bonds. The zero-order chi connectivity index (χ0) is 17.5. The van der Waals surface area contributed by atoms with Gasteiger partial charge in [0.2, 0.25) is 0 Å². The van der Waals surface area contributed by atoms with Crippen molar-refractivity contribution in [3.8, 4) is 17.2 Å². The van der Waals surface area contributed by atoms with Gasteiger partial charge in [0.15, 0.2) is 0 Å². The number of allylic oxidation sites excluding steroid dienone is 2. The largest absolute Gasteiger partial charge is 0.497 e. The fraction of sp³-hybridized carbons (Fsp3) is 0.0435. The molecule has 3 aromatic carbocycles. The second kappa shape index (κ2) is 8.02. The van der Waals surface area contributed by atoms with Crippen LogP contribution in [0.15, 0.2) is 97.6 Å². The van der Waals surface area contributed by atoms with Crippen LogP contribution in [0.5, 0.6) is 17.2 Å². The maximum atomic E-state index is 5.85. The average molecular weight is 328 g/mol. The van der Waals surface area contributed by atoms with Gasteiger partial charge < -0.3 is 9.47 Å². The molecule has 0 fully saturated rings. The topological polar surface area (TPSA) is 18.5 Å². The van der Waals surface area contributed by atoms with Crippen LogP contribution in [0.2, 0.25) is 0 Å². The lowest BCUT2D eigenvalue weighted by Crippen LogP contribution is -1.90. The summed E-state index contributed by atoms with van der Waals surface area (Å²) >= 11 is 0. The summed E-state index contributed by atoms with van der Waals surface area (Å²) in [5, 5.41) is 0. The molecule has 0 spiro atoms. The van der Waals surface area contributed by atoms with E-state index in [0.717, 1.165) is 33.9 Å². The van der Waals surface area contributed by atoms with Crippen molar-refractivity contribution in [2.45, 2.75) is 0 Å². The van der Waals surface area contributed by atoms with Gasteiger partial charge in [-0.1, -0.05) is 61.2 Å². The van der Waals surface area contributed by atoms with Crippen LogP contribution in [0.25, 0.3) is 5.57 Å². The number of rotatable bonds is 6. The van der Waals surface area contributed by atoms with Gasteiger partial charge in [0, 0.05) is 0 Å². The van der Waals surface area contributed by atoms with E-state index >= 15 is 0 Å². The number of ether oxygens (including phenoxy) is 2. The second-order valence-corrected chi connectivity index (χ2v) is 5.48. The minimum absolute atomic E-state index is 0.808. The van der Waals surface area contributed by atoms with Crippen molar-refractivity contribution in [2.75, 3.05) is 7.11 Å². The van der Waals surface area contributed by atoms with Crippen molar-refractivity contribution >= 4 is 5.57 Å². The Bertz CT molecular complexity index is 845. The number of para-hydroxylation sites is 1. The third-order valence-corrected chi connectivity index (χ3v) is 3.83. The standard InChI is InChI=1S/C23H20O2/c1-3-7-23(18-10-14-20(24-2)15-11-18)19-12-16-22(17-13-19)25-21-8-5-4-6-9-21/h3-17H,1H2,2H3/b23-7+. The third-order valence-electron chi connectivity index (χ3n) is 3.83. The SMILES string of the molecule is C=C/C=C(\c1ccc(OC)cc1)c1ccc(Oc2ccccc2)cc1. The highest BCUT2D eigenvalue weighted by Crippen LogP contribution is 2.28. The predicted molar refractivity (Wildman–Crippen MR) is 103 cm³/mol. The van der Waals surface area contributed by atoms with Gasteiger partial charge in [0.25, 0.3) is 0 Å². The number of benzene rings is 3. The molecular formula is C23H20O2. The molecule has 3 rings (SSSR count). The van der Waals surface area contributed by atoms with E-state index in [0.29, 0.717) is 0 Å². The van der Waals surface area contributed by atoms with Gasteiger partial charge in [-0.2, -0.15) is 0 Å². The molecule has 3 aromatic rings. The molecule has 0 heterocycles. The lowest BCUT2D eigenvalue weighted by Gasteiger charge is -2.11. The number of methoxy groups -OCH3 is 1. The van der Waals surface area contributed by atoms with Crippen molar-refractivity contribution < 1.29 is 9.47 Å². The summed E-state index contributed by atoms with van der Waals surface area (Å²) in [6, 6.07) is 25.8. The molecule has 0 atom stereocenters. The van der Waals surface area contributed by atoms with E-state index in [-0.39, 0.29) is 0 Å². The van der Waals surface area contributed by atoms with Crippen LogP contribution >= 0.6 is 0 Å². The molecule has 0 aliphatic heterocycles. The lowest BCUT2D eigenvalue weighted by atomic mass is 9.97. The Balaban J connectivity index is 1.84. The molecule has 0 radical (unpaired) electrons. The molecule has 25 heavy (non-hydrogen) atoms. The minimum atomic E-state index is 0.808. The van der Waals surface area contributed by atoms with Crippen molar-refractivity contribution in [1.82, 2.24) is 0 Å². The maximum absolute atomic E-state index is 5.85. The van der Waals surface area contributed by atoms with Gasteiger partial charge in [-0.25, -0.2) is 0 Å². The summed E-state index contributed by atoms with van der Waals surface area (Å²) in [5.41, 5.74) is 3.31. The Morgan fingerprint density at radius 3 is 1.76 bits per heavy atom. The molecule has 0 N–H and O–H groups in total. The molecule has 0 aliphatic carbocycles. The number of hydrogen-bond donors (Lipinski definition) is 0. The molecular weight excluding hydrogens is 308 g/mol. The molecule has 124 valence electrons. The first kappa shape index (κ1) is 16.6. The van der Waals surface area contributed by atoms with Crippen LogP contribution in [0.3, 0.4) is 0 Å². The quantitative estimate of drug-likeness (QED) is 0.509. The van der Waals surface area contributed by atoms with Crippen LogP contribution in [0, 0.1) is 0 Å². The van der Waals surface area contributed by atoms with E-state index in [1.807, 2.05) is 72.8 Å². The average Bonchev–Trinajstić information content (AvgIpc) is 2.68. The van der Waals surface area contributed by atoms with Crippen LogP contribution in [-0.2, 0) is 0 Å². The summed E-state index contributed by atoms with van der Waals surface area (Å²) in [6.45, 7) is 3.83. The zero-order valence-electron chi connectivity index (χ0n) is 14.2. The van der Waals surface area contributed by atoms with Gasteiger partial charge in [-0.05, 0) is 53.1 Å². The second-order valence-electron chi connectivity index (χ2n) is 5.48. The lowest BCUT2D eigenvalue weighted by molar-refractivity contribution is 0.415. The predicted octanol–water partition coefficient (Wildman–Crippen LogP) is 6.11. The van der Waals surface area contributed by atoms with Crippen LogP contribution in [0.4, 0.5) is 0 Å². The highest BCUT2D eigenvalue weighted by molar-refractivity contribution is 5.81. The summed E-state index contributed by atoms with van der Waals surface area (Å²) < 4.78 is 11.1. The Hall–Kier alpha value is -3.26. The van der Waals surface area contributed by atoms with Crippen LogP contribution in [-0.4, -0.2) is 7.11 Å². The van der Waals surface area contributed by atoms with Crippen LogP contribution < -0.4 is 9.47 Å². The molecule has 0 saturated heterocycles. The van der Waals surface area contributed by atoms with Crippen molar-refractivity contribution in [1.29, 1.82) is 0 Å². The molecule has 2 nitrogen and oxygen atoms in total. The molecule has 0 aromatic heterocycles. The highest BCUT2D eigenvalue weighted by atomic mass is 16.5. The van der Waals surface area contributed by atoms with Crippen molar-refractivity contribution in [3.05, 3.63) is 109 Å². The Morgan fingerprint density at radius 1 is 0.720 bits per heavy atom. The summed E-state index contributed by atoms with van der Waals surface area (Å²) in [5.74, 6) is 2.48. The molecule has 0 bridgehead atoms. The molecule has 0 aliphatic rings. The van der Waals surface area contributed by atoms with Crippen LogP contribution in [0.1, 0.15) is 11.1 Å². The molecule has 2 heteroatoms. The summed E-state index contributed by atoms with van der Waals surface area (Å²) in [4.78, 5) is 0. The van der Waals surface area contributed by atoms with E-state index in [2.05, 4.69) is 18.7 Å². The Kier molecular flexibility index (Phi) is 5.32. The van der Waals surface area contributed by atoms with E-state index < -0.39 is 0 Å². The minimum Gasteiger partial charge on any atom is -0.497 e. The van der Waals surface area contributed by atoms with Gasteiger partial charge >= 0.3 is 0 Å². The number of hydrogen-bond acceptors (Lipinski definition) is 2. The van der Waals surface area contributed by atoms with E-state index in [1.165, 1.54) is 0 Å². The first-order valence-corrected chi connectivity index (χ1v) is 8.10. The van der Waals surface area contributed by atoms with Gasteiger partial charge in [0.05, 0.1) is 7.11 Å². The monoisotopic (exact) mass is 328 g/mol. The molecule has 0 saturated carbocycles. The van der Waals surface area contributed by atoms with Crippen molar-refractivity contribution in [3.63, 3.8) is 0 Å². The Morgan fingerprint density at radius 2 is 1.24 bits per heavy atom. The normalized spacial score (nSPS) is 11.0.